The summed E-state index contributed by atoms with van der Waals surface area (Å²) in [6.45, 7) is 2.19. The second-order valence-corrected chi connectivity index (χ2v) is 9.83. The van der Waals surface area contributed by atoms with Gasteiger partial charge in [0.25, 0.3) is 5.91 Å². The average Bonchev–Trinajstić information content (AvgIpc) is 3.21. The van der Waals surface area contributed by atoms with Gasteiger partial charge in [0.1, 0.15) is 0 Å². The Labute approximate surface area is 191 Å². The van der Waals surface area contributed by atoms with Gasteiger partial charge in [-0.2, -0.15) is 13.2 Å². The van der Waals surface area contributed by atoms with Gasteiger partial charge in [-0.25, -0.2) is 0 Å². The van der Waals surface area contributed by atoms with Crippen molar-refractivity contribution >= 4 is 5.91 Å². The van der Waals surface area contributed by atoms with Crippen molar-refractivity contribution in [2.45, 2.75) is 50.0 Å². The minimum absolute atomic E-state index is 0.0537. The molecule has 3 fully saturated rings. The van der Waals surface area contributed by atoms with E-state index in [1.807, 2.05) is 30.3 Å². The molecule has 4 atom stereocenters. The minimum atomic E-state index is -4.32. The number of benzene rings is 2. The minimum Gasteiger partial charge on any atom is -0.375 e. The Hall–Kier alpha value is -2.38. The number of carbonyl (C=O) groups is 1. The summed E-state index contributed by atoms with van der Waals surface area (Å²) < 4.78 is 38.3. The number of carbonyl (C=O) groups excluding carboxylic acids is 1. The van der Waals surface area contributed by atoms with E-state index < -0.39 is 17.3 Å². The number of halogens is 3. The second-order valence-electron chi connectivity index (χ2n) is 9.83. The quantitative estimate of drug-likeness (QED) is 0.678. The second kappa shape index (κ2) is 8.44. The molecule has 0 bridgehead atoms. The molecule has 1 amide bonds. The molecule has 2 aromatic rings. The van der Waals surface area contributed by atoms with E-state index >= 15 is 0 Å². The zero-order valence-electron chi connectivity index (χ0n) is 18.4. The smallest absolute Gasteiger partial charge is 0.375 e. The Bertz CT molecular complexity index is 977. The van der Waals surface area contributed by atoms with Gasteiger partial charge in [-0.3, -0.25) is 9.69 Å². The monoisotopic (exact) mass is 458 g/mol. The van der Waals surface area contributed by atoms with E-state index in [1.54, 1.807) is 0 Å². The predicted molar refractivity (Wildman–Crippen MR) is 118 cm³/mol. The summed E-state index contributed by atoms with van der Waals surface area (Å²) in [5.41, 5.74) is -0.630. The third-order valence-corrected chi connectivity index (χ3v) is 7.76. The fraction of sp³-hybridized carbons (Fsp3) is 0.500. The van der Waals surface area contributed by atoms with Crippen molar-refractivity contribution in [2.75, 3.05) is 13.1 Å². The van der Waals surface area contributed by atoms with E-state index in [9.17, 15) is 23.1 Å². The molecule has 7 heteroatoms. The molecule has 0 aromatic heterocycles. The highest BCUT2D eigenvalue weighted by molar-refractivity contribution is 5.87. The summed E-state index contributed by atoms with van der Waals surface area (Å²) in [5.74, 6) is 0.281. The number of nitrogens with zero attached hydrogens (tertiary/aromatic N) is 1. The molecule has 2 aromatic carbocycles. The zero-order valence-corrected chi connectivity index (χ0v) is 18.4. The topological polar surface area (TPSA) is 52.6 Å². The Morgan fingerprint density at radius 3 is 2.12 bits per heavy atom. The van der Waals surface area contributed by atoms with E-state index in [-0.39, 0.29) is 17.9 Å². The number of piperidine rings is 1. The first-order valence-corrected chi connectivity index (χ1v) is 11.7. The first-order chi connectivity index (χ1) is 15.8. The van der Waals surface area contributed by atoms with E-state index in [0.29, 0.717) is 23.9 Å². The molecule has 4 nitrogen and oxygen atoms in total. The first-order valence-electron chi connectivity index (χ1n) is 11.7. The van der Waals surface area contributed by atoms with E-state index in [1.165, 1.54) is 12.1 Å². The maximum Gasteiger partial charge on any atom is 0.416 e. The van der Waals surface area contributed by atoms with E-state index in [2.05, 4.69) is 10.2 Å². The predicted octanol–water partition coefficient (Wildman–Crippen LogP) is 4.33. The third kappa shape index (κ3) is 4.28. The Morgan fingerprint density at radius 1 is 0.939 bits per heavy atom. The van der Waals surface area contributed by atoms with Crippen LogP contribution in [0.2, 0.25) is 0 Å². The molecule has 2 N–H and O–H groups in total. The maximum atomic E-state index is 13.4. The van der Waals surface area contributed by atoms with Crippen LogP contribution in [-0.4, -0.2) is 35.0 Å². The van der Waals surface area contributed by atoms with Crippen molar-refractivity contribution < 1.29 is 23.1 Å². The lowest BCUT2D eigenvalue weighted by molar-refractivity contribution is -0.147. The van der Waals surface area contributed by atoms with Gasteiger partial charge in [0.15, 0.2) is 5.60 Å². The number of nitrogens with one attached hydrogen (secondary N) is 1. The molecule has 1 saturated heterocycles. The van der Waals surface area contributed by atoms with E-state index in [4.69, 9.17) is 0 Å². The molecule has 2 aliphatic carbocycles. The van der Waals surface area contributed by atoms with Crippen LogP contribution in [0.15, 0.2) is 54.6 Å². The Morgan fingerprint density at radius 2 is 1.55 bits per heavy atom. The summed E-state index contributed by atoms with van der Waals surface area (Å²) >= 11 is 0. The molecule has 1 heterocycles. The molecular weight excluding hydrogens is 429 g/mol. The highest BCUT2D eigenvalue weighted by atomic mass is 19.4. The number of alkyl halides is 3. The zero-order chi connectivity index (χ0) is 23.2. The van der Waals surface area contributed by atoms with Gasteiger partial charge in [-0.05, 0) is 47.9 Å². The summed E-state index contributed by atoms with van der Waals surface area (Å²) in [4.78, 5) is 15.6. The molecule has 0 radical (unpaired) electrons. The molecule has 1 aliphatic heterocycles. The molecule has 176 valence electrons. The number of likely N-dealkylation sites (tertiary alicyclic amines) is 1. The fourth-order valence-corrected chi connectivity index (χ4v) is 5.86. The number of hydrogen-bond donors (Lipinski definition) is 2. The number of fused-ring (bicyclic) bond motifs is 1. The molecule has 5 rings (SSSR count). The van der Waals surface area contributed by atoms with Crippen molar-refractivity contribution in [2.24, 2.45) is 17.8 Å². The van der Waals surface area contributed by atoms with Crippen LogP contribution in [-0.2, 0) is 23.1 Å². The molecule has 33 heavy (non-hydrogen) atoms. The third-order valence-electron chi connectivity index (χ3n) is 7.76. The van der Waals surface area contributed by atoms with E-state index in [0.717, 1.165) is 56.5 Å². The lowest BCUT2D eigenvalue weighted by atomic mass is 9.79. The van der Waals surface area contributed by atoms with Crippen LogP contribution >= 0.6 is 0 Å². The fourth-order valence-electron chi connectivity index (χ4n) is 5.86. The average molecular weight is 459 g/mol. The highest BCUT2D eigenvalue weighted by Gasteiger charge is 2.58. The number of hydrogen-bond acceptors (Lipinski definition) is 3. The Kier molecular flexibility index (Phi) is 5.73. The van der Waals surface area contributed by atoms with Crippen molar-refractivity contribution in [3.8, 4) is 0 Å². The van der Waals surface area contributed by atoms with Gasteiger partial charge < -0.3 is 10.4 Å². The normalized spacial score (nSPS) is 27.2. The highest BCUT2D eigenvalue weighted by Crippen LogP contribution is 2.47. The largest absolute Gasteiger partial charge is 0.416 e. The number of aliphatic hydroxyl groups is 1. The molecule has 2 saturated carbocycles. The summed E-state index contributed by atoms with van der Waals surface area (Å²) in [5, 5.41) is 14.8. The number of rotatable bonds is 6. The molecule has 3 aliphatic rings. The Balaban J connectivity index is 1.19. The number of amides is 1. The van der Waals surface area contributed by atoms with Crippen molar-refractivity contribution in [3.63, 3.8) is 0 Å². The summed E-state index contributed by atoms with van der Waals surface area (Å²) in [7, 11) is 0. The van der Waals surface area contributed by atoms with Crippen molar-refractivity contribution in [1.29, 1.82) is 0 Å². The lowest BCUT2D eigenvalue weighted by Gasteiger charge is -2.33. The SMILES string of the molecule is O=C(NC1[C@H]2CN(Cc3ccc(C(F)(F)F)cc3)C[C@@H]12)C(O)(c1ccccc1)C1CCCC1. The van der Waals surface area contributed by atoms with Crippen LogP contribution in [0.5, 0.6) is 0 Å². The summed E-state index contributed by atoms with van der Waals surface area (Å²) in [6.07, 6.45) is -0.574. The summed E-state index contributed by atoms with van der Waals surface area (Å²) in [6, 6.07) is 14.6. The van der Waals surface area contributed by atoms with Crippen LogP contribution in [0.25, 0.3) is 0 Å². The van der Waals surface area contributed by atoms with Gasteiger partial charge in [0.2, 0.25) is 0 Å². The van der Waals surface area contributed by atoms with Crippen LogP contribution < -0.4 is 5.32 Å². The van der Waals surface area contributed by atoms with Gasteiger partial charge in [-0.1, -0.05) is 55.3 Å². The molecular formula is C26H29F3N2O2. The van der Waals surface area contributed by atoms with Crippen LogP contribution in [0.1, 0.15) is 42.4 Å². The molecule has 2 unspecified atom stereocenters. The van der Waals surface area contributed by atoms with Gasteiger partial charge >= 0.3 is 6.18 Å². The van der Waals surface area contributed by atoms with Crippen LogP contribution in [0.3, 0.4) is 0 Å². The van der Waals surface area contributed by atoms with Crippen molar-refractivity contribution in [3.05, 3.63) is 71.3 Å². The first kappa shape index (κ1) is 22.4. The van der Waals surface area contributed by atoms with Gasteiger partial charge in [0, 0.05) is 31.6 Å². The van der Waals surface area contributed by atoms with Crippen molar-refractivity contribution in [1.82, 2.24) is 10.2 Å². The lowest BCUT2D eigenvalue weighted by Crippen LogP contribution is -2.50. The maximum absolute atomic E-state index is 13.4. The van der Waals surface area contributed by atoms with Crippen LogP contribution in [0, 0.1) is 17.8 Å². The molecule has 0 spiro atoms. The standard InChI is InChI=1S/C26H29F3N2O2/c27-26(28,29)20-12-10-17(11-13-20)14-31-15-21-22(16-31)23(21)30-24(32)25(33,19-8-4-5-9-19)18-6-2-1-3-7-18/h1-3,6-7,10-13,19,21-23,33H,4-5,8-9,14-16H2,(H,30,32)/t21-,22+,23?,25?. The van der Waals surface area contributed by atoms with Crippen LogP contribution in [0.4, 0.5) is 13.2 Å². The van der Waals surface area contributed by atoms with Gasteiger partial charge in [0.05, 0.1) is 5.56 Å². The van der Waals surface area contributed by atoms with Gasteiger partial charge in [-0.15, -0.1) is 0 Å².